The number of fused-ring (bicyclic) bond motifs is 1. The SMILES string of the molecule is CC1CC=C2OCCOC2=CC1=N. The molecule has 1 fully saturated rings. The average molecular weight is 179 g/mol. The molecule has 0 aromatic heterocycles. The molecule has 70 valence electrons. The first-order valence-corrected chi connectivity index (χ1v) is 4.53. The fraction of sp³-hybridized carbons (Fsp3) is 0.500. The van der Waals surface area contributed by atoms with Crippen LogP contribution in [0.5, 0.6) is 0 Å². The normalized spacial score (nSPS) is 27.5. The summed E-state index contributed by atoms with van der Waals surface area (Å²) in [4.78, 5) is 0. The van der Waals surface area contributed by atoms with Gasteiger partial charge in [-0.2, -0.15) is 0 Å². The molecule has 0 radical (unpaired) electrons. The lowest BCUT2D eigenvalue weighted by Gasteiger charge is -2.19. The molecule has 0 spiro atoms. The average Bonchev–Trinajstić information content (AvgIpc) is 2.28. The van der Waals surface area contributed by atoms with E-state index in [0.29, 0.717) is 18.9 Å². The smallest absolute Gasteiger partial charge is 0.162 e. The van der Waals surface area contributed by atoms with Gasteiger partial charge in [0, 0.05) is 17.7 Å². The lowest BCUT2D eigenvalue weighted by Crippen LogP contribution is -2.14. The number of hydrogen-bond donors (Lipinski definition) is 1. The van der Waals surface area contributed by atoms with Crippen LogP contribution in [-0.2, 0) is 9.47 Å². The maximum absolute atomic E-state index is 7.71. The summed E-state index contributed by atoms with van der Waals surface area (Å²) in [6, 6.07) is 0. The van der Waals surface area contributed by atoms with Crippen molar-refractivity contribution in [2.75, 3.05) is 13.2 Å². The van der Waals surface area contributed by atoms with E-state index in [1.807, 2.05) is 13.0 Å². The summed E-state index contributed by atoms with van der Waals surface area (Å²) >= 11 is 0. The summed E-state index contributed by atoms with van der Waals surface area (Å²) in [5.74, 6) is 1.79. The molecule has 0 saturated carbocycles. The Morgan fingerprint density at radius 1 is 1.31 bits per heavy atom. The van der Waals surface area contributed by atoms with Gasteiger partial charge in [0.2, 0.25) is 0 Å². The van der Waals surface area contributed by atoms with Crippen LogP contribution in [0.3, 0.4) is 0 Å². The molecule has 1 aliphatic carbocycles. The van der Waals surface area contributed by atoms with Crippen molar-refractivity contribution in [2.45, 2.75) is 13.3 Å². The van der Waals surface area contributed by atoms with Crippen LogP contribution >= 0.6 is 0 Å². The largest absolute Gasteiger partial charge is 0.486 e. The predicted molar refractivity (Wildman–Crippen MR) is 49.6 cm³/mol. The third kappa shape index (κ3) is 1.59. The molecular weight excluding hydrogens is 166 g/mol. The number of allylic oxidation sites excluding steroid dienone is 2. The number of rotatable bonds is 0. The van der Waals surface area contributed by atoms with E-state index in [9.17, 15) is 0 Å². The maximum Gasteiger partial charge on any atom is 0.162 e. The van der Waals surface area contributed by atoms with Crippen molar-refractivity contribution in [3.05, 3.63) is 23.7 Å². The lowest BCUT2D eigenvalue weighted by atomic mass is 10.0. The Hall–Kier alpha value is -1.25. The predicted octanol–water partition coefficient (Wildman–Crippen LogP) is 1.86. The van der Waals surface area contributed by atoms with Crippen LogP contribution in [0.2, 0.25) is 0 Å². The van der Waals surface area contributed by atoms with Gasteiger partial charge in [-0.1, -0.05) is 6.92 Å². The van der Waals surface area contributed by atoms with Gasteiger partial charge in [0.1, 0.15) is 13.2 Å². The summed E-state index contributed by atoms with van der Waals surface area (Å²) in [5, 5.41) is 7.71. The highest BCUT2D eigenvalue weighted by Gasteiger charge is 2.19. The first kappa shape index (κ1) is 8.35. The summed E-state index contributed by atoms with van der Waals surface area (Å²) in [6.07, 6.45) is 4.64. The molecule has 0 aromatic carbocycles. The second-order valence-corrected chi connectivity index (χ2v) is 3.37. The van der Waals surface area contributed by atoms with Gasteiger partial charge in [-0.15, -0.1) is 0 Å². The van der Waals surface area contributed by atoms with E-state index in [1.54, 1.807) is 6.08 Å². The standard InChI is InChI=1S/C10H13NO2/c1-7-2-3-9-10(6-8(7)11)13-5-4-12-9/h3,6-7,11H,2,4-5H2,1H3. The van der Waals surface area contributed by atoms with Gasteiger partial charge in [0.25, 0.3) is 0 Å². The van der Waals surface area contributed by atoms with Crippen molar-refractivity contribution in [1.29, 1.82) is 5.41 Å². The van der Waals surface area contributed by atoms with Crippen LogP contribution < -0.4 is 0 Å². The van der Waals surface area contributed by atoms with Crippen molar-refractivity contribution in [2.24, 2.45) is 5.92 Å². The molecule has 1 atom stereocenters. The summed E-state index contributed by atoms with van der Waals surface area (Å²) in [6.45, 7) is 3.24. The van der Waals surface area contributed by atoms with Crippen LogP contribution in [0.15, 0.2) is 23.7 Å². The van der Waals surface area contributed by atoms with Crippen molar-refractivity contribution >= 4 is 5.71 Å². The van der Waals surface area contributed by atoms with Gasteiger partial charge in [0.05, 0.1) is 0 Å². The van der Waals surface area contributed by atoms with Gasteiger partial charge >= 0.3 is 0 Å². The first-order valence-electron chi connectivity index (χ1n) is 4.53. The van der Waals surface area contributed by atoms with E-state index >= 15 is 0 Å². The minimum Gasteiger partial charge on any atom is -0.486 e. The third-order valence-corrected chi connectivity index (χ3v) is 2.32. The number of hydrogen-bond acceptors (Lipinski definition) is 3. The fourth-order valence-corrected chi connectivity index (χ4v) is 1.41. The van der Waals surface area contributed by atoms with Crippen molar-refractivity contribution in [3.8, 4) is 0 Å². The molecule has 2 rings (SSSR count). The molecule has 1 unspecified atom stereocenters. The van der Waals surface area contributed by atoms with Crippen molar-refractivity contribution in [1.82, 2.24) is 0 Å². The zero-order valence-electron chi connectivity index (χ0n) is 7.67. The van der Waals surface area contributed by atoms with Crippen LogP contribution in [0.25, 0.3) is 0 Å². The molecule has 0 bridgehead atoms. The number of ether oxygens (including phenoxy) is 2. The molecule has 3 nitrogen and oxygen atoms in total. The van der Waals surface area contributed by atoms with E-state index in [-0.39, 0.29) is 5.92 Å². The Balaban J connectivity index is 2.29. The summed E-state index contributed by atoms with van der Waals surface area (Å²) in [5.41, 5.74) is 0.617. The quantitative estimate of drug-likeness (QED) is 0.616. The first-order chi connectivity index (χ1) is 6.27. The second kappa shape index (κ2) is 3.24. The Labute approximate surface area is 77.5 Å². The Bertz CT molecular complexity index is 291. The summed E-state index contributed by atoms with van der Waals surface area (Å²) in [7, 11) is 0. The van der Waals surface area contributed by atoms with Crippen molar-refractivity contribution in [3.63, 3.8) is 0 Å². The Morgan fingerprint density at radius 2 is 2.00 bits per heavy atom. The molecule has 13 heavy (non-hydrogen) atoms. The molecule has 0 aromatic rings. The van der Waals surface area contributed by atoms with E-state index in [4.69, 9.17) is 14.9 Å². The zero-order chi connectivity index (χ0) is 9.26. The van der Waals surface area contributed by atoms with E-state index in [2.05, 4.69) is 0 Å². The monoisotopic (exact) mass is 179 g/mol. The van der Waals surface area contributed by atoms with Crippen LogP contribution in [0, 0.1) is 11.3 Å². The lowest BCUT2D eigenvalue weighted by molar-refractivity contribution is 0.0596. The van der Waals surface area contributed by atoms with E-state index in [0.717, 1.165) is 17.9 Å². The highest BCUT2D eigenvalue weighted by Crippen LogP contribution is 2.24. The van der Waals surface area contributed by atoms with Gasteiger partial charge < -0.3 is 14.9 Å². The van der Waals surface area contributed by atoms with Crippen molar-refractivity contribution < 1.29 is 9.47 Å². The molecule has 1 heterocycles. The molecule has 1 N–H and O–H groups in total. The van der Waals surface area contributed by atoms with Gasteiger partial charge in [0.15, 0.2) is 11.5 Å². The van der Waals surface area contributed by atoms with Crippen LogP contribution in [0.1, 0.15) is 13.3 Å². The summed E-state index contributed by atoms with van der Waals surface area (Å²) < 4.78 is 10.8. The number of nitrogens with one attached hydrogen (secondary N) is 1. The fourth-order valence-electron chi connectivity index (χ4n) is 1.41. The molecule has 0 amide bonds. The second-order valence-electron chi connectivity index (χ2n) is 3.37. The van der Waals surface area contributed by atoms with E-state index in [1.165, 1.54) is 0 Å². The van der Waals surface area contributed by atoms with E-state index < -0.39 is 0 Å². The van der Waals surface area contributed by atoms with Crippen LogP contribution in [0.4, 0.5) is 0 Å². The molecule has 2 aliphatic rings. The van der Waals surface area contributed by atoms with Crippen LogP contribution in [-0.4, -0.2) is 18.9 Å². The minimum atomic E-state index is 0.262. The Kier molecular flexibility index (Phi) is 2.08. The maximum atomic E-state index is 7.71. The zero-order valence-corrected chi connectivity index (χ0v) is 7.67. The third-order valence-electron chi connectivity index (χ3n) is 2.32. The Morgan fingerprint density at radius 3 is 2.77 bits per heavy atom. The topological polar surface area (TPSA) is 42.3 Å². The highest BCUT2D eigenvalue weighted by molar-refractivity contribution is 5.95. The minimum absolute atomic E-state index is 0.262. The molecule has 1 saturated heterocycles. The van der Waals surface area contributed by atoms with Gasteiger partial charge in [-0.05, 0) is 12.5 Å². The van der Waals surface area contributed by atoms with Gasteiger partial charge in [-0.25, -0.2) is 0 Å². The molecule has 3 heteroatoms. The highest BCUT2D eigenvalue weighted by atomic mass is 16.6. The van der Waals surface area contributed by atoms with Gasteiger partial charge in [-0.3, -0.25) is 0 Å². The molecular formula is C10H13NO2. The molecule has 1 aliphatic heterocycles.